The van der Waals surface area contributed by atoms with Gasteiger partial charge < -0.3 is 10.1 Å². The molecule has 0 aromatic heterocycles. The largest absolute Gasteiger partial charge is 0.483 e. The molecule has 1 N–H and O–H groups in total. The summed E-state index contributed by atoms with van der Waals surface area (Å²) in [6, 6.07) is 4.06. The molecule has 0 radical (unpaired) electrons. The van der Waals surface area contributed by atoms with E-state index in [-0.39, 0.29) is 30.3 Å². The number of carbonyl (C=O) groups is 2. The molecule has 1 aromatic carbocycles. The number of hydrogen-bond acceptors (Lipinski definition) is 3. The maximum absolute atomic E-state index is 12.3. The van der Waals surface area contributed by atoms with Crippen LogP contribution in [-0.4, -0.2) is 24.3 Å². The van der Waals surface area contributed by atoms with Gasteiger partial charge in [-0.15, -0.1) is 0 Å². The predicted molar refractivity (Wildman–Crippen MR) is 93.6 cm³/mol. The Morgan fingerprint density at radius 1 is 1.21 bits per heavy atom. The van der Waals surface area contributed by atoms with Gasteiger partial charge in [0.05, 0.1) is 5.56 Å². The molecule has 1 amide bonds. The normalized spacial score (nSPS) is 26.1. The van der Waals surface area contributed by atoms with Crippen molar-refractivity contribution in [3.8, 4) is 5.75 Å². The summed E-state index contributed by atoms with van der Waals surface area (Å²) in [5.41, 5.74) is 2.89. The van der Waals surface area contributed by atoms with Gasteiger partial charge in [-0.1, -0.05) is 19.9 Å². The Morgan fingerprint density at radius 2 is 1.92 bits per heavy atom. The second kappa shape index (κ2) is 6.96. The number of hydrogen-bond donors (Lipinski definition) is 1. The molecule has 0 spiro atoms. The van der Waals surface area contributed by atoms with Gasteiger partial charge in [0.25, 0.3) is 5.91 Å². The molecule has 1 unspecified atom stereocenters. The van der Waals surface area contributed by atoms with Gasteiger partial charge >= 0.3 is 0 Å². The molecular formula is C20H27NO3. The van der Waals surface area contributed by atoms with Crippen molar-refractivity contribution in [2.24, 2.45) is 5.92 Å². The van der Waals surface area contributed by atoms with E-state index < -0.39 is 0 Å². The standard InChI is InChI=1S/C20H27NO3/c1-12-4-7-15(8-5-12)21-18(23)11-24-17-9-6-13(2)19-14(3)10-16(22)20(17)19/h6,9,12,14-15H,4-5,7-8,10-11H2,1-3H3,(H,21,23). The van der Waals surface area contributed by atoms with Crippen LogP contribution in [0, 0.1) is 12.8 Å². The van der Waals surface area contributed by atoms with E-state index in [0.29, 0.717) is 17.7 Å². The number of rotatable bonds is 4. The lowest BCUT2D eigenvalue weighted by Gasteiger charge is -2.26. The highest BCUT2D eigenvalue weighted by molar-refractivity contribution is 6.04. The van der Waals surface area contributed by atoms with Crippen LogP contribution in [0.5, 0.6) is 5.75 Å². The molecule has 1 fully saturated rings. The lowest BCUT2D eigenvalue weighted by Crippen LogP contribution is -2.39. The Hall–Kier alpha value is -1.84. The van der Waals surface area contributed by atoms with E-state index in [1.165, 1.54) is 12.8 Å². The number of Topliss-reactive ketones (excluding diaryl/α,β-unsaturated/α-hetero) is 1. The third-order valence-electron chi connectivity index (χ3n) is 5.43. The summed E-state index contributed by atoms with van der Waals surface area (Å²) >= 11 is 0. The minimum Gasteiger partial charge on any atom is -0.483 e. The molecule has 4 heteroatoms. The highest BCUT2D eigenvalue weighted by atomic mass is 16.5. The third kappa shape index (κ3) is 3.47. The van der Waals surface area contributed by atoms with Crippen LogP contribution in [0.25, 0.3) is 0 Å². The number of fused-ring (bicyclic) bond motifs is 1. The van der Waals surface area contributed by atoms with Crippen molar-refractivity contribution >= 4 is 11.7 Å². The van der Waals surface area contributed by atoms with Crippen LogP contribution < -0.4 is 10.1 Å². The lowest BCUT2D eigenvalue weighted by atomic mass is 9.87. The Morgan fingerprint density at radius 3 is 2.62 bits per heavy atom. The minimum atomic E-state index is -0.0950. The highest BCUT2D eigenvalue weighted by Gasteiger charge is 2.31. The van der Waals surface area contributed by atoms with E-state index in [1.54, 1.807) is 0 Å². The van der Waals surface area contributed by atoms with Gasteiger partial charge in [-0.2, -0.15) is 0 Å². The van der Waals surface area contributed by atoms with E-state index >= 15 is 0 Å². The first kappa shape index (κ1) is 17.0. The lowest BCUT2D eigenvalue weighted by molar-refractivity contribution is -0.124. The maximum atomic E-state index is 12.3. The fraction of sp³-hybridized carbons (Fsp3) is 0.600. The van der Waals surface area contributed by atoms with Crippen molar-refractivity contribution < 1.29 is 14.3 Å². The third-order valence-corrected chi connectivity index (χ3v) is 5.43. The van der Waals surface area contributed by atoms with Crippen LogP contribution in [0.3, 0.4) is 0 Å². The molecule has 1 atom stereocenters. The van der Waals surface area contributed by atoms with Gasteiger partial charge in [0.2, 0.25) is 0 Å². The van der Waals surface area contributed by atoms with Gasteiger partial charge in [0.1, 0.15) is 5.75 Å². The summed E-state index contributed by atoms with van der Waals surface area (Å²) in [4.78, 5) is 24.4. The molecule has 2 aliphatic carbocycles. The number of ether oxygens (including phenoxy) is 1. The van der Waals surface area contributed by atoms with Gasteiger partial charge in [0.15, 0.2) is 12.4 Å². The molecule has 1 saturated carbocycles. The average molecular weight is 329 g/mol. The van der Waals surface area contributed by atoms with Crippen molar-refractivity contribution in [1.29, 1.82) is 0 Å². The Balaban J connectivity index is 1.61. The number of aryl methyl sites for hydroxylation is 1. The van der Waals surface area contributed by atoms with Gasteiger partial charge in [0, 0.05) is 12.5 Å². The molecule has 1 aromatic rings. The van der Waals surface area contributed by atoms with E-state index in [1.807, 2.05) is 19.1 Å². The zero-order valence-corrected chi connectivity index (χ0v) is 14.9. The van der Waals surface area contributed by atoms with Gasteiger partial charge in [-0.3, -0.25) is 9.59 Å². The van der Waals surface area contributed by atoms with Crippen LogP contribution in [0.4, 0.5) is 0 Å². The minimum absolute atomic E-state index is 0.0246. The van der Waals surface area contributed by atoms with Crippen LogP contribution in [0.1, 0.15) is 73.4 Å². The van der Waals surface area contributed by atoms with E-state index in [9.17, 15) is 9.59 Å². The monoisotopic (exact) mass is 329 g/mol. The van der Waals surface area contributed by atoms with Crippen LogP contribution in [0.15, 0.2) is 12.1 Å². The highest BCUT2D eigenvalue weighted by Crippen LogP contribution is 2.40. The first-order valence-electron chi connectivity index (χ1n) is 9.04. The first-order valence-corrected chi connectivity index (χ1v) is 9.04. The molecule has 0 heterocycles. The summed E-state index contributed by atoms with van der Waals surface area (Å²) in [5, 5.41) is 3.06. The molecule has 0 bridgehead atoms. The molecule has 0 aliphatic heterocycles. The average Bonchev–Trinajstić information content (AvgIpc) is 2.85. The molecule has 24 heavy (non-hydrogen) atoms. The molecule has 130 valence electrons. The van der Waals surface area contributed by atoms with Crippen LogP contribution in [0.2, 0.25) is 0 Å². The van der Waals surface area contributed by atoms with E-state index in [4.69, 9.17) is 4.74 Å². The zero-order valence-electron chi connectivity index (χ0n) is 14.9. The molecular weight excluding hydrogens is 302 g/mol. The number of amides is 1. The summed E-state index contributed by atoms with van der Waals surface area (Å²) < 4.78 is 5.71. The topological polar surface area (TPSA) is 55.4 Å². The fourth-order valence-corrected chi connectivity index (χ4v) is 4.05. The number of carbonyl (C=O) groups excluding carboxylic acids is 2. The Labute approximate surface area is 144 Å². The Kier molecular flexibility index (Phi) is 4.93. The SMILES string of the molecule is Cc1ccc(OCC(=O)NC2CCC(C)CC2)c2c1C(C)CC2=O. The van der Waals surface area contributed by atoms with E-state index in [2.05, 4.69) is 19.2 Å². The van der Waals surface area contributed by atoms with Gasteiger partial charge in [-0.25, -0.2) is 0 Å². The van der Waals surface area contributed by atoms with Crippen molar-refractivity contribution in [2.75, 3.05) is 6.61 Å². The predicted octanol–water partition coefficient (Wildman–Crippen LogP) is 3.76. The maximum Gasteiger partial charge on any atom is 0.258 e. The fourth-order valence-electron chi connectivity index (χ4n) is 4.05. The second-order valence-corrected chi connectivity index (χ2v) is 7.51. The second-order valence-electron chi connectivity index (χ2n) is 7.51. The quantitative estimate of drug-likeness (QED) is 0.915. The summed E-state index contributed by atoms with van der Waals surface area (Å²) in [5.74, 6) is 1.57. The Bertz CT molecular complexity index is 645. The van der Waals surface area contributed by atoms with Crippen LogP contribution >= 0.6 is 0 Å². The first-order chi connectivity index (χ1) is 11.5. The van der Waals surface area contributed by atoms with Crippen molar-refractivity contribution in [3.63, 3.8) is 0 Å². The summed E-state index contributed by atoms with van der Waals surface area (Å²) in [6.07, 6.45) is 4.96. The molecule has 3 rings (SSSR count). The van der Waals surface area contributed by atoms with Crippen LogP contribution in [-0.2, 0) is 4.79 Å². The van der Waals surface area contributed by atoms with Crippen molar-refractivity contribution in [3.05, 3.63) is 28.8 Å². The summed E-state index contributed by atoms with van der Waals surface area (Å²) in [7, 11) is 0. The number of ketones is 1. The zero-order chi connectivity index (χ0) is 17.3. The summed E-state index contributed by atoms with van der Waals surface area (Å²) in [6.45, 7) is 6.33. The van der Waals surface area contributed by atoms with Crippen molar-refractivity contribution in [2.45, 2.75) is 64.8 Å². The van der Waals surface area contributed by atoms with Gasteiger partial charge in [-0.05, 0) is 61.6 Å². The van der Waals surface area contributed by atoms with Crippen molar-refractivity contribution in [1.82, 2.24) is 5.32 Å². The van der Waals surface area contributed by atoms with E-state index in [0.717, 1.165) is 29.9 Å². The molecule has 4 nitrogen and oxygen atoms in total. The smallest absolute Gasteiger partial charge is 0.258 e. The number of benzene rings is 1. The molecule has 2 aliphatic rings. The molecule has 0 saturated heterocycles. The number of nitrogens with one attached hydrogen (secondary N) is 1.